The van der Waals surface area contributed by atoms with E-state index in [4.69, 9.17) is 16.3 Å². The monoisotopic (exact) mass is 672 g/mol. The highest BCUT2D eigenvalue weighted by Gasteiger charge is 2.53. The van der Waals surface area contributed by atoms with Crippen LogP contribution in [0, 0.1) is 0 Å². The van der Waals surface area contributed by atoms with Crippen LogP contribution in [0.2, 0.25) is 0 Å². The van der Waals surface area contributed by atoms with E-state index in [1.54, 1.807) is 0 Å². The number of carbonyl (C=O) groups is 5. The predicted octanol–water partition coefficient (Wildman–Crippen LogP) is 0.330. The quantitative estimate of drug-likeness (QED) is 0.0452. The van der Waals surface area contributed by atoms with Gasteiger partial charge in [0.15, 0.2) is 0 Å². The fourth-order valence-electron chi connectivity index (χ4n) is 4.39. The Kier molecular flexibility index (Phi) is 14.7. The van der Waals surface area contributed by atoms with E-state index in [2.05, 4.69) is 74.5 Å². The van der Waals surface area contributed by atoms with Gasteiger partial charge in [-0.25, -0.2) is 0 Å². The van der Waals surface area contributed by atoms with E-state index >= 15 is 0 Å². The number of halogens is 1. The molecule has 46 heavy (non-hydrogen) atoms. The first-order valence-electron chi connectivity index (χ1n) is 14.2. The topological polar surface area (TPSA) is 179 Å². The van der Waals surface area contributed by atoms with Gasteiger partial charge < -0.3 is 35.4 Å². The Morgan fingerprint density at radius 2 is 1.57 bits per heavy atom. The molecule has 246 valence electrons. The summed E-state index contributed by atoms with van der Waals surface area (Å²) in [4.78, 5) is 64.2. The SMILES string of the molecule is CON=C(C(=O)CCl)C(=O)N[C@@H]1C(=O)N2C(C(=O)[O-])=C(COC(C)=O)CSC12.c1ccc(CNCCNCc2ccccc2)cc1. The van der Waals surface area contributed by atoms with Crippen molar-refractivity contribution in [3.63, 3.8) is 0 Å². The number of ether oxygens (including phenoxy) is 1. The lowest BCUT2D eigenvalue weighted by atomic mass is 10.0. The van der Waals surface area contributed by atoms with Crippen LogP contribution in [0.25, 0.3) is 0 Å². The van der Waals surface area contributed by atoms with Gasteiger partial charge >= 0.3 is 5.97 Å². The number of fused-ring (bicyclic) bond motifs is 1. The first-order chi connectivity index (χ1) is 22.2. The van der Waals surface area contributed by atoms with Gasteiger partial charge in [-0.3, -0.25) is 24.1 Å². The first-order valence-corrected chi connectivity index (χ1v) is 15.8. The molecule has 3 N–H and O–H groups in total. The van der Waals surface area contributed by atoms with Crippen molar-refractivity contribution in [1.29, 1.82) is 0 Å². The van der Waals surface area contributed by atoms with Crippen LogP contribution in [0.15, 0.2) is 77.1 Å². The summed E-state index contributed by atoms with van der Waals surface area (Å²) in [5, 5.41) is 23.3. The second-order valence-corrected chi connectivity index (χ2v) is 11.3. The van der Waals surface area contributed by atoms with E-state index in [1.165, 1.54) is 18.1 Å². The van der Waals surface area contributed by atoms with Crippen LogP contribution >= 0.6 is 23.4 Å². The van der Waals surface area contributed by atoms with Crippen LogP contribution in [-0.4, -0.2) is 90.0 Å². The number of Topliss-reactive ketones (excluding diaryl/α,β-unsaturated/α-hetero) is 1. The largest absolute Gasteiger partial charge is 0.543 e. The normalized spacial score (nSPS) is 17.2. The summed E-state index contributed by atoms with van der Waals surface area (Å²) in [5.41, 5.74) is 1.86. The molecule has 15 heteroatoms. The Hall–Kier alpha value is -4.24. The van der Waals surface area contributed by atoms with Crippen molar-refractivity contribution in [2.24, 2.45) is 5.16 Å². The molecule has 0 radical (unpaired) electrons. The minimum absolute atomic E-state index is 0.136. The van der Waals surface area contributed by atoms with Crippen molar-refractivity contribution < 1.29 is 38.7 Å². The van der Waals surface area contributed by atoms with Crippen LogP contribution < -0.4 is 21.1 Å². The molecule has 2 aromatic carbocycles. The standard InChI is InChI=1S/C16H20N2.C15H16ClN3O8S/c1-3-7-15(8-4-1)13-17-11-12-18-14-16-9-5-2-6-10-16;1-6(20)27-4-7-5-28-14-10(13(23)19(14)11(7)15(24)25)17-12(22)9(18-26-2)8(21)3-16/h1-10,17-18H,11-14H2;10,14H,3-5H2,1-2H3,(H,17,22)(H,24,25)/p-1/t;10-,14?/m.1/s1. The molecule has 2 atom stereocenters. The summed E-state index contributed by atoms with van der Waals surface area (Å²) in [7, 11) is 1.13. The molecule has 2 aliphatic heterocycles. The number of ketones is 1. The van der Waals surface area contributed by atoms with E-state index in [0.29, 0.717) is 0 Å². The molecule has 1 fully saturated rings. The molecule has 0 saturated carbocycles. The van der Waals surface area contributed by atoms with Gasteiger partial charge in [0, 0.05) is 44.4 Å². The molecule has 0 aliphatic carbocycles. The number of β-lactam (4-membered cyclic amide) rings is 1. The first kappa shape index (κ1) is 36.2. The van der Waals surface area contributed by atoms with E-state index in [-0.39, 0.29) is 17.9 Å². The molecule has 2 heterocycles. The van der Waals surface area contributed by atoms with Gasteiger partial charge in [0.1, 0.15) is 25.1 Å². The second kappa shape index (κ2) is 18.7. The summed E-state index contributed by atoms with van der Waals surface area (Å²) in [6.07, 6.45) is 0. The zero-order chi connectivity index (χ0) is 33.5. The Bertz CT molecular complexity index is 1400. The number of thioether (sulfide) groups is 1. The molecular weight excluding hydrogens is 638 g/mol. The van der Waals surface area contributed by atoms with Crippen LogP contribution in [0.1, 0.15) is 18.1 Å². The van der Waals surface area contributed by atoms with Crippen molar-refractivity contribution in [3.05, 3.63) is 83.1 Å². The maximum atomic E-state index is 12.4. The highest BCUT2D eigenvalue weighted by atomic mass is 35.5. The average Bonchev–Trinajstić information content (AvgIpc) is 3.06. The molecule has 1 saturated heterocycles. The van der Waals surface area contributed by atoms with E-state index in [9.17, 15) is 29.1 Å². The van der Waals surface area contributed by atoms with Gasteiger partial charge in [0.2, 0.25) is 11.5 Å². The number of esters is 1. The third-order valence-corrected chi connectivity index (χ3v) is 8.16. The molecule has 0 bridgehead atoms. The van der Waals surface area contributed by atoms with Gasteiger partial charge in [-0.2, -0.15) is 0 Å². The molecule has 13 nitrogen and oxygen atoms in total. The van der Waals surface area contributed by atoms with Crippen molar-refractivity contribution in [2.45, 2.75) is 31.4 Å². The Morgan fingerprint density at radius 3 is 2.04 bits per heavy atom. The van der Waals surface area contributed by atoms with Crippen LogP contribution in [0.3, 0.4) is 0 Å². The lowest BCUT2D eigenvalue weighted by molar-refractivity contribution is -0.301. The molecule has 2 aliphatic rings. The fourth-order valence-corrected chi connectivity index (χ4v) is 5.84. The maximum Gasteiger partial charge on any atom is 0.302 e. The van der Waals surface area contributed by atoms with Crippen molar-refractivity contribution >= 4 is 58.6 Å². The summed E-state index contributed by atoms with van der Waals surface area (Å²) < 4.78 is 4.80. The molecule has 2 amide bonds. The number of carboxylic acids is 1. The van der Waals surface area contributed by atoms with Crippen LogP contribution in [-0.2, 0) is 46.6 Å². The third kappa shape index (κ3) is 10.4. The summed E-state index contributed by atoms with van der Waals surface area (Å²) >= 11 is 6.57. The molecule has 2 aromatic rings. The number of nitrogens with zero attached hydrogens (tertiary/aromatic N) is 2. The molecular formula is C31H35ClN5O8S-. The van der Waals surface area contributed by atoms with Crippen molar-refractivity contribution in [1.82, 2.24) is 20.9 Å². The fraction of sp³-hybridized carbons (Fsp3) is 0.355. The molecule has 4 rings (SSSR count). The number of carboxylic acid groups (broad SMARTS) is 1. The van der Waals surface area contributed by atoms with Crippen molar-refractivity contribution in [3.8, 4) is 0 Å². The van der Waals surface area contributed by atoms with Gasteiger partial charge in [-0.15, -0.1) is 23.4 Å². The van der Waals surface area contributed by atoms with Gasteiger partial charge in [-0.1, -0.05) is 65.8 Å². The zero-order valence-electron chi connectivity index (χ0n) is 25.3. The summed E-state index contributed by atoms with van der Waals surface area (Å²) in [5.74, 6) is -5.10. The highest BCUT2D eigenvalue weighted by Crippen LogP contribution is 2.40. The van der Waals surface area contributed by atoms with Gasteiger partial charge in [0.05, 0.1) is 17.5 Å². The minimum Gasteiger partial charge on any atom is -0.543 e. The lowest BCUT2D eigenvalue weighted by Crippen LogP contribution is -2.71. The lowest BCUT2D eigenvalue weighted by Gasteiger charge is -2.50. The molecule has 0 spiro atoms. The number of hydrogen-bond acceptors (Lipinski definition) is 12. The smallest absolute Gasteiger partial charge is 0.302 e. The number of nitrogens with one attached hydrogen (secondary N) is 3. The highest BCUT2D eigenvalue weighted by molar-refractivity contribution is 8.00. The van der Waals surface area contributed by atoms with Gasteiger partial charge in [0.25, 0.3) is 11.8 Å². The number of hydrogen-bond donors (Lipinski definition) is 3. The minimum atomic E-state index is -1.61. The third-order valence-electron chi connectivity index (χ3n) is 6.58. The number of alkyl halides is 1. The molecule has 1 unspecified atom stereocenters. The number of benzene rings is 2. The number of aliphatic carboxylic acids is 1. The van der Waals surface area contributed by atoms with E-state index in [1.807, 2.05) is 12.1 Å². The molecule has 0 aromatic heterocycles. The number of carbonyl (C=O) groups excluding carboxylic acids is 5. The summed E-state index contributed by atoms with van der Waals surface area (Å²) in [6.45, 7) is 4.72. The average molecular weight is 673 g/mol. The number of oxime groups is 1. The summed E-state index contributed by atoms with van der Waals surface area (Å²) in [6, 6.07) is 19.9. The van der Waals surface area contributed by atoms with Crippen molar-refractivity contribution in [2.75, 3.05) is 38.4 Å². The van der Waals surface area contributed by atoms with E-state index in [0.717, 1.165) is 50.0 Å². The maximum absolute atomic E-state index is 12.4. The Morgan fingerprint density at radius 1 is 1.00 bits per heavy atom. The predicted molar refractivity (Wildman–Crippen MR) is 170 cm³/mol. The van der Waals surface area contributed by atoms with Gasteiger partial charge in [-0.05, 0) is 11.1 Å². The number of amides is 2. The van der Waals surface area contributed by atoms with Crippen LogP contribution in [0.5, 0.6) is 0 Å². The van der Waals surface area contributed by atoms with E-state index < -0.39 is 58.2 Å². The Labute approximate surface area is 275 Å². The Balaban J connectivity index is 0.000000275. The second-order valence-electron chi connectivity index (χ2n) is 9.88. The zero-order valence-corrected chi connectivity index (χ0v) is 26.9. The van der Waals surface area contributed by atoms with Crippen LogP contribution in [0.4, 0.5) is 0 Å². The number of rotatable bonds is 15.